The first-order valence-electron chi connectivity index (χ1n) is 6.80. The van der Waals surface area contributed by atoms with Crippen LogP contribution < -0.4 is 10.0 Å². The van der Waals surface area contributed by atoms with Gasteiger partial charge in [0.25, 0.3) is 15.9 Å². The lowest BCUT2D eigenvalue weighted by Gasteiger charge is -2.05. The topological polar surface area (TPSA) is 112 Å². The zero-order valence-electron chi connectivity index (χ0n) is 11.9. The standard InChI is InChI=1S/C14H12N4O3S2/c15-8-9-3-5-10(6-4-9)23(20,21)18-14-17-11-2-1-7-16-13(19)12(11)22-14/h3-6H,1-2,7H2,(H,16,19)(H,17,18). The minimum Gasteiger partial charge on any atom is -0.351 e. The minimum atomic E-state index is -3.81. The number of aromatic nitrogens is 1. The second-order valence-corrected chi connectivity index (χ2v) is 7.58. The number of hydrogen-bond acceptors (Lipinski definition) is 6. The van der Waals surface area contributed by atoms with Gasteiger partial charge in [-0.3, -0.25) is 9.52 Å². The number of rotatable bonds is 3. The predicted octanol–water partition coefficient (Wildman–Crippen LogP) is 1.49. The van der Waals surface area contributed by atoms with Gasteiger partial charge in [0.05, 0.1) is 22.2 Å². The molecule has 7 nitrogen and oxygen atoms in total. The third kappa shape index (κ3) is 3.18. The van der Waals surface area contributed by atoms with E-state index in [0.29, 0.717) is 29.1 Å². The first-order valence-corrected chi connectivity index (χ1v) is 9.10. The zero-order chi connectivity index (χ0) is 16.4. The molecule has 0 saturated carbocycles. The van der Waals surface area contributed by atoms with Gasteiger partial charge in [0.2, 0.25) is 0 Å². The Kier molecular flexibility index (Phi) is 4.02. The summed E-state index contributed by atoms with van der Waals surface area (Å²) in [5.74, 6) is -0.223. The van der Waals surface area contributed by atoms with E-state index in [4.69, 9.17) is 5.26 Å². The molecule has 9 heteroatoms. The van der Waals surface area contributed by atoms with Crippen LogP contribution in [0.4, 0.5) is 5.13 Å². The van der Waals surface area contributed by atoms with Gasteiger partial charge in [0.1, 0.15) is 4.88 Å². The number of thiazole rings is 1. The SMILES string of the molecule is N#Cc1ccc(S(=O)(=O)Nc2nc3c(s2)C(=O)NCCC3)cc1. The molecule has 0 aliphatic carbocycles. The van der Waals surface area contributed by atoms with E-state index in [9.17, 15) is 13.2 Å². The number of aryl methyl sites for hydroxylation is 1. The molecule has 2 heterocycles. The van der Waals surface area contributed by atoms with Crippen LogP contribution >= 0.6 is 11.3 Å². The van der Waals surface area contributed by atoms with Gasteiger partial charge in [-0.2, -0.15) is 5.26 Å². The normalized spacial score (nSPS) is 14.3. The quantitative estimate of drug-likeness (QED) is 0.873. The molecule has 1 aromatic heterocycles. The summed E-state index contributed by atoms with van der Waals surface area (Å²) in [7, 11) is -3.81. The zero-order valence-corrected chi connectivity index (χ0v) is 13.5. The van der Waals surface area contributed by atoms with Gasteiger partial charge in [-0.1, -0.05) is 11.3 Å². The number of anilines is 1. The Bertz CT molecular complexity index is 895. The molecule has 0 bridgehead atoms. The molecule has 1 aliphatic rings. The van der Waals surface area contributed by atoms with Gasteiger partial charge in [-0.15, -0.1) is 0 Å². The van der Waals surface area contributed by atoms with E-state index in [-0.39, 0.29) is 15.9 Å². The van der Waals surface area contributed by atoms with E-state index in [2.05, 4.69) is 15.0 Å². The average Bonchev–Trinajstić information content (AvgIpc) is 2.85. The molecule has 23 heavy (non-hydrogen) atoms. The molecule has 1 amide bonds. The Morgan fingerprint density at radius 1 is 1.30 bits per heavy atom. The van der Waals surface area contributed by atoms with Crippen LogP contribution in [0, 0.1) is 11.3 Å². The van der Waals surface area contributed by atoms with Gasteiger partial charge in [-0.05, 0) is 37.1 Å². The van der Waals surface area contributed by atoms with Crippen LogP contribution in [-0.4, -0.2) is 25.9 Å². The van der Waals surface area contributed by atoms with Crippen LogP contribution in [0.5, 0.6) is 0 Å². The number of carbonyl (C=O) groups excluding carboxylic acids is 1. The second kappa shape index (κ2) is 5.98. The van der Waals surface area contributed by atoms with Crippen molar-refractivity contribution in [2.75, 3.05) is 11.3 Å². The second-order valence-electron chi connectivity index (χ2n) is 4.90. The lowest BCUT2D eigenvalue weighted by atomic mass is 10.2. The third-order valence-electron chi connectivity index (χ3n) is 3.29. The van der Waals surface area contributed by atoms with Crippen LogP contribution in [0.15, 0.2) is 29.2 Å². The molecule has 0 spiro atoms. The van der Waals surface area contributed by atoms with Crippen LogP contribution in [0.25, 0.3) is 0 Å². The number of nitrogens with zero attached hydrogens (tertiary/aromatic N) is 2. The molecule has 1 aromatic carbocycles. The maximum atomic E-state index is 12.3. The fourth-order valence-corrected chi connectivity index (χ4v) is 4.33. The summed E-state index contributed by atoms with van der Waals surface area (Å²) < 4.78 is 27.1. The summed E-state index contributed by atoms with van der Waals surface area (Å²) in [5, 5.41) is 11.7. The summed E-state index contributed by atoms with van der Waals surface area (Å²) in [6, 6.07) is 7.49. The number of hydrogen-bond donors (Lipinski definition) is 2. The fourth-order valence-electron chi connectivity index (χ4n) is 2.16. The molecule has 0 fully saturated rings. The first-order chi connectivity index (χ1) is 11.0. The average molecular weight is 348 g/mol. The number of fused-ring (bicyclic) bond motifs is 1. The molecule has 0 radical (unpaired) electrons. The minimum absolute atomic E-state index is 0.0337. The smallest absolute Gasteiger partial charge is 0.263 e. The Hall–Kier alpha value is -2.44. The highest BCUT2D eigenvalue weighted by molar-refractivity contribution is 7.93. The van der Waals surface area contributed by atoms with E-state index < -0.39 is 10.0 Å². The summed E-state index contributed by atoms with van der Waals surface area (Å²) in [6.45, 7) is 0.591. The lowest BCUT2D eigenvalue weighted by molar-refractivity contribution is 0.0960. The molecule has 0 saturated heterocycles. The van der Waals surface area contributed by atoms with Gasteiger partial charge in [0.15, 0.2) is 5.13 Å². The van der Waals surface area contributed by atoms with Crippen molar-refractivity contribution in [3.8, 4) is 6.07 Å². The monoisotopic (exact) mass is 348 g/mol. The number of carbonyl (C=O) groups is 1. The van der Waals surface area contributed by atoms with Gasteiger partial charge in [-0.25, -0.2) is 13.4 Å². The maximum Gasteiger partial charge on any atom is 0.263 e. The van der Waals surface area contributed by atoms with E-state index in [0.717, 1.165) is 17.8 Å². The van der Waals surface area contributed by atoms with Crippen LogP contribution in [0.1, 0.15) is 27.3 Å². The predicted molar refractivity (Wildman–Crippen MR) is 84.7 cm³/mol. The third-order valence-corrected chi connectivity index (χ3v) is 5.79. The molecule has 118 valence electrons. The number of nitriles is 1. The van der Waals surface area contributed by atoms with E-state index in [1.165, 1.54) is 24.3 Å². The van der Waals surface area contributed by atoms with Crippen LogP contribution in [0.3, 0.4) is 0 Å². The molecule has 1 aliphatic heterocycles. The van der Waals surface area contributed by atoms with E-state index in [1.807, 2.05) is 6.07 Å². The Morgan fingerprint density at radius 2 is 2.04 bits per heavy atom. The highest BCUT2D eigenvalue weighted by Gasteiger charge is 2.23. The van der Waals surface area contributed by atoms with Crippen molar-refractivity contribution in [2.24, 2.45) is 0 Å². The molecular formula is C14H12N4O3S2. The van der Waals surface area contributed by atoms with E-state index >= 15 is 0 Å². The molecule has 0 atom stereocenters. The summed E-state index contributed by atoms with van der Waals surface area (Å²) in [5.41, 5.74) is 0.990. The van der Waals surface area contributed by atoms with E-state index in [1.54, 1.807) is 0 Å². The van der Waals surface area contributed by atoms with Crippen molar-refractivity contribution < 1.29 is 13.2 Å². The first kappa shape index (κ1) is 15.5. The molecule has 3 rings (SSSR count). The number of sulfonamides is 1. The lowest BCUT2D eigenvalue weighted by Crippen LogP contribution is -2.21. The van der Waals surface area contributed by atoms with Crippen molar-refractivity contribution in [3.05, 3.63) is 40.4 Å². The summed E-state index contributed by atoms with van der Waals surface area (Å²) >= 11 is 1.02. The Morgan fingerprint density at radius 3 is 2.74 bits per heavy atom. The fraction of sp³-hybridized carbons (Fsp3) is 0.214. The number of nitrogens with one attached hydrogen (secondary N) is 2. The van der Waals surface area contributed by atoms with Crippen molar-refractivity contribution in [1.82, 2.24) is 10.3 Å². The molecule has 0 unspecified atom stereocenters. The molecule has 2 aromatic rings. The number of amides is 1. The molecular weight excluding hydrogens is 336 g/mol. The van der Waals surface area contributed by atoms with Crippen LogP contribution in [0.2, 0.25) is 0 Å². The highest BCUT2D eigenvalue weighted by Crippen LogP contribution is 2.27. The van der Waals surface area contributed by atoms with Crippen LogP contribution in [-0.2, 0) is 16.4 Å². The molecule has 2 N–H and O–H groups in total. The van der Waals surface area contributed by atoms with Crippen molar-refractivity contribution in [3.63, 3.8) is 0 Å². The Labute approximate surface area is 137 Å². The van der Waals surface area contributed by atoms with Gasteiger partial charge >= 0.3 is 0 Å². The maximum absolute atomic E-state index is 12.3. The Balaban J connectivity index is 1.87. The summed E-state index contributed by atoms with van der Waals surface area (Å²) in [6.07, 6.45) is 1.40. The number of benzene rings is 1. The van der Waals surface area contributed by atoms with Crippen molar-refractivity contribution in [2.45, 2.75) is 17.7 Å². The summed E-state index contributed by atoms with van der Waals surface area (Å²) in [4.78, 5) is 16.6. The van der Waals surface area contributed by atoms with Gasteiger partial charge < -0.3 is 5.32 Å². The van der Waals surface area contributed by atoms with Crippen molar-refractivity contribution in [1.29, 1.82) is 5.26 Å². The van der Waals surface area contributed by atoms with Gasteiger partial charge in [0, 0.05) is 6.54 Å². The largest absolute Gasteiger partial charge is 0.351 e. The highest BCUT2D eigenvalue weighted by atomic mass is 32.2. The van der Waals surface area contributed by atoms with Crippen molar-refractivity contribution >= 4 is 32.4 Å².